The lowest BCUT2D eigenvalue weighted by Crippen LogP contribution is -2.59. The van der Waals surface area contributed by atoms with Crippen molar-refractivity contribution in [2.24, 2.45) is 11.7 Å². The molecule has 1 aromatic heterocycles. The predicted octanol–water partition coefficient (Wildman–Crippen LogP) is 0.468. The largest absolute Gasteiger partial charge is 0.480 e. The third-order valence-electron chi connectivity index (χ3n) is 6.41. The third-order valence-corrected chi connectivity index (χ3v) is 6.41. The van der Waals surface area contributed by atoms with E-state index in [1.165, 1.54) is 0 Å². The number of hydrogen-bond acceptors (Lipinski definition) is 6. The first kappa shape index (κ1) is 29.3. The molecular weight excluding hydrogens is 502 g/mol. The second-order valence-corrected chi connectivity index (χ2v) is 9.73. The molecule has 0 bridgehead atoms. The van der Waals surface area contributed by atoms with Gasteiger partial charge in [-0.05, 0) is 29.5 Å². The molecule has 4 unspecified atom stereocenters. The molecule has 2 aromatic carbocycles. The van der Waals surface area contributed by atoms with E-state index in [-0.39, 0.29) is 12.8 Å². The molecule has 8 N–H and O–H groups in total. The normalized spacial score (nSPS) is 14.3. The van der Waals surface area contributed by atoms with Crippen LogP contribution in [0.5, 0.6) is 0 Å². The Kier molecular flexibility index (Phi) is 10.2. The van der Waals surface area contributed by atoms with Gasteiger partial charge in [-0.3, -0.25) is 14.4 Å². The molecule has 1 heterocycles. The highest BCUT2D eigenvalue weighted by molar-refractivity contribution is 5.94. The predicted molar refractivity (Wildman–Crippen MR) is 145 cm³/mol. The number of aliphatic hydroxyl groups is 1. The van der Waals surface area contributed by atoms with Crippen LogP contribution in [-0.4, -0.2) is 69.7 Å². The number of para-hydroxylation sites is 1. The molecule has 0 fully saturated rings. The first-order chi connectivity index (χ1) is 18.6. The van der Waals surface area contributed by atoms with Gasteiger partial charge in [-0.1, -0.05) is 62.4 Å². The average Bonchev–Trinajstić information content (AvgIpc) is 3.32. The number of aliphatic hydroxyl groups excluding tert-OH is 1. The van der Waals surface area contributed by atoms with Gasteiger partial charge in [-0.2, -0.15) is 0 Å². The molecule has 3 rings (SSSR count). The van der Waals surface area contributed by atoms with E-state index in [0.717, 1.165) is 22.0 Å². The minimum absolute atomic E-state index is 0.0989. The molecule has 3 aromatic rings. The number of carbonyl (C=O) groups excluding carboxylic acids is 3. The summed E-state index contributed by atoms with van der Waals surface area (Å²) in [5, 5.41) is 27.5. The van der Waals surface area contributed by atoms with Gasteiger partial charge in [0, 0.05) is 23.5 Å². The molecule has 0 aliphatic heterocycles. The number of carboxylic acids is 1. The third kappa shape index (κ3) is 7.88. The highest BCUT2D eigenvalue weighted by Gasteiger charge is 2.31. The number of amides is 3. The molecule has 0 saturated heterocycles. The van der Waals surface area contributed by atoms with Crippen LogP contribution in [0, 0.1) is 5.92 Å². The number of carbonyl (C=O) groups is 4. The number of nitrogens with one attached hydrogen (secondary N) is 4. The fourth-order valence-electron chi connectivity index (χ4n) is 4.20. The summed E-state index contributed by atoms with van der Waals surface area (Å²) in [6.45, 7) is 2.47. The Hall–Kier alpha value is -4.22. The van der Waals surface area contributed by atoms with Crippen LogP contribution in [0.15, 0.2) is 60.8 Å². The molecule has 0 aliphatic carbocycles. The summed E-state index contributed by atoms with van der Waals surface area (Å²) in [4.78, 5) is 53.6. The Morgan fingerprint density at radius 2 is 1.46 bits per heavy atom. The van der Waals surface area contributed by atoms with Crippen LogP contribution in [0.4, 0.5) is 0 Å². The topological polar surface area (TPSA) is 187 Å². The molecule has 11 nitrogen and oxygen atoms in total. The Morgan fingerprint density at radius 3 is 2.10 bits per heavy atom. The van der Waals surface area contributed by atoms with Gasteiger partial charge < -0.3 is 36.9 Å². The second kappa shape index (κ2) is 13.5. The number of aromatic nitrogens is 1. The Balaban J connectivity index is 1.73. The summed E-state index contributed by atoms with van der Waals surface area (Å²) in [7, 11) is 0. The van der Waals surface area contributed by atoms with E-state index in [2.05, 4.69) is 20.9 Å². The van der Waals surface area contributed by atoms with Crippen molar-refractivity contribution in [3.8, 4) is 0 Å². The molecule has 0 radical (unpaired) electrons. The Bertz CT molecular complexity index is 1290. The van der Waals surface area contributed by atoms with Crippen LogP contribution in [0.2, 0.25) is 0 Å². The fraction of sp³-hybridized carbons (Fsp3) is 0.357. The van der Waals surface area contributed by atoms with Crippen LogP contribution >= 0.6 is 0 Å². The van der Waals surface area contributed by atoms with Crippen molar-refractivity contribution in [1.82, 2.24) is 20.9 Å². The number of aliphatic carboxylic acids is 1. The van der Waals surface area contributed by atoms with Crippen molar-refractivity contribution in [1.29, 1.82) is 0 Å². The van der Waals surface area contributed by atoms with E-state index in [0.29, 0.717) is 0 Å². The molecule has 39 heavy (non-hydrogen) atoms. The minimum atomic E-state index is -1.42. The average molecular weight is 538 g/mol. The van der Waals surface area contributed by atoms with E-state index < -0.39 is 60.4 Å². The van der Waals surface area contributed by atoms with Crippen molar-refractivity contribution >= 4 is 34.6 Å². The zero-order valence-electron chi connectivity index (χ0n) is 21.9. The van der Waals surface area contributed by atoms with Gasteiger partial charge >= 0.3 is 5.97 Å². The number of carboxylic acid groups (broad SMARTS) is 1. The maximum absolute atomic E-state index is 13.2. The lowest BCUT2D eigenvalue weighted by Gasteiger charge is -2.25. The first-order valence-corrected chi connectivity index (χ1v) is 12.7. The van der Waals surface area contributed by atoms with Crippen molar-refractivity contribution in [3.63, 3.8) is 0 Å². The summed E-state index contributed by atoms with van der Waals surface area (Å²) < 4.78 is 0. The lowest BCUT2D eigenvalue weighted by molar-refractivity contribution is -0.143. The van der Waals surface area contributed by atoms with Gasteiger partial charge in [0.05, 0.1) is 12.6 Å². The highest BCUT2D eigenvalue weighted by atomic mass is 16.4. The van der Waals surface area contributed by atoms with Gasteiger partial charge in [0.25, 0.3) is 0 Å². The zero-order valence-corrected chi connectivity index (χ0v) is 21.9. The van der Waals surface area contributed by atoms with Crippen LogP contribution in [-0.2, 0) is 32.0 Å². The van der Waals surface area contributed by atoms with Gasteiger partial charge in [0.15, 0.2) is 0 Å². The molecule has 208 valence electrons. The van der Waals surface area contributed by atoms with Crippen molar-refractivity contribution in [2.45, 2.75) is 50.9 Å². The summed E-state index contributed by atoms with van der Waals surface area (Å²) in [6, 6.07) is 11.9. The van der Waals surface area contributed by atoms with Crippen LogP contribution in [0.3, 0.4) is 0 Å². The second-order valence-electron chi connectivity index (χ2n) is 9.73. The monoisotopic (exact) mass is 537 g/mol. The molecule has 11 heteroatoms. The molecular formula is C28H35N5O6. The van der Waals surface area contributed by atoms with E-state index in [1.54, 1.807) is 44.3 Å². The Labute approximate surface area is 226 Å². The Morgan fingerprint density at radius 1 is 0.846 bits per heavy atom. The van der Waals surface area contributed by atoms with Crippen molar-refractivity contribution in [3.05, 3.63) is 71.9 Å². The van der Waals surface area contributed by atoms with Crippen LogP contribution in [0.25, 0.3) is 10.9 Å². The highest BCUT2D eigenvalue weighted by Crippen LogP contribution is 2.19. The summed E-state index contributed by atoms with van der Waals surface area (Å²) >= 11 is 0. The smallest absolute Gasteiger partial charge is 0.326 e. The van der Waals surface area contributed by atoms with E-state index in [4.69, 9.17) is 5.73 Å². The number of hydrogen-bond donors (Lipinski definition) is 7. The number of aromatic amines is 1. The number of H-pyrrole nitrogens is 1. The van der Waals surface area contributed by atoms with Gasteiger partial charge in [-0.15, -0.1) is 0 Å². The number of fused-ring (bicyclic) bond motifs is 1. The van der Waals surface area contributed by atoms with Gasteiger partial charge in [0.2, 0.25) is 17.7 Å². The first-order valence-electron chi connectivity index (χ1n) is 12.7. The maximum Gasteiger partial charge on any atom is 0.326 e. The van der Waals surface area contributed by atoms with E-state index >= 15 is 0 Å². The molecule has 0 aliphatic rings. The summed E-state index contributed by atoms with van der Waals surface area (Å²) in [6.07, 6.45) is 2.11. The maximum atomic E-state index is 13.2. The van der Waals surface area contributed by atoms with E-state index in [9.17, 15) is 29.4 Å². The van der Waals surface area contributed by atoms with Gasteiger partial charge in [0.1, 0.15) is 18.1 Å². The number of benzene rings is 2. The molecule has 0 saturated carbocycles. The van der Waals surface area contributed by atoms with Crippen molar-refractivity contribution in [2.75, 3.05) is 6.61 Å². The quantitative estimate of drug-likeness (QED) is 0.165. The number of rotatable bonds is 13. The SMILES string of the molecule is CC(C)C(NC(=O)C(CO)NC(=O)C(Cc1ccccc1)NC(=O)C(N)Cc1c[nH]c2ccccc12)C(=O)O. The summed E-state index contributed by atoms with van der Waals surface area (Å²) in [5.41, 5.74) is 8.73. The standard InChI is InChI=1S/C28H35N5O6/c1-16(2)24(28(38)39)33-27(37)23(15-34)32-26(36)22(12-17-8-4-3-5-9-17)31-25(35)20(29)13-18-14-30-21-11-7-6-10-19(18)21/h3-11,14,16,20,22-24,30,34H,12-13,15,29H2,1-2H3,(H,31,35)(H,32,36)(H,33,37)(H,38,39). The number of nitrogens with two attached hydrogens (primary N) is 1. The zero-order chi connectivity index (χ0) is 28.5. The minimum Gasteiger partial charge on any atom is -0.480 e. The van der Waals surface area contributed by atoms with Crippen LogP contribution in [0.1, 0.15) is 25.0 Å². The summed E-state index contributed by atoms with van der Waals surface area (Å²) in [5.74, 6) is -3.80. The molecule has 4 atom stereocenters. The molecule has 3 amide bonds. The fourth-order valence-corrected chi connectivity index (χ4v) is 4.20. The van der Waals surface area contributed by atoms with Gasteiger partial charge in [-0.25, -0.2) is 4.79 Å². The van der Waals surface area contributed by atoms with E-state index in [1.807, 2.05) is 30.3 Å². The van der Waals surface area contributed by atoms with Crippen LogP contribution < -0.4 is 21.7 Å². The lowest BCUT2D eigenvalue weighted by atomic mass is 10.0. The van der Waals surface area contributed by atoms with Crippen molar-refractivity contribution < 1.29 is 29.4 Å². The molecule has 0 spiro atoms.